The molecule has 0 atom stereocenters. The van der Waals surface area contributed by atoms with E-state index in [-0.39, 0.29) is 0 Å². The van der Waals surface area contributed by atoms with Gasteiger partial charge in [-0.25, -0.2) is 0 Å². The van der Waals surface area contributed by atoms with E-state index in [0.717, 1.165) is 11.5 Å². The molecule has 1 aliphatic heterocycles. The highest BCUT2D eigenvalue weighted by atomic mass is 16.7. The van der Waals surface area contributed by atoms with E-state index >= 15 is 0 Å². The number of ether oxygens (including phenoxy) is 2. The molecule has 0 unspecified atom stereocenters. The number of allylic oxidation sites excluding steroid dienone is 4. The lowest BCUT2D eigenvalue weighted by atomic mass is 10.2. The Morgan fingerprint density at radius 1 is 1.18 bits per heavy atom. The molecule has 11 heavy (non-hydrogen) atoms. The predicted octanol–water partition coefficient (Wildman–Crippen LogP) is 1.96. The van der Waals surface area contributed by atoms with Gasteiger partial charge in [0.25, 0.3) is 0 Å². The molecule has 0 bridgehead atoms. The van der Waals surface area contributed by atoms with Crippen LogP contribution in [0.3, 0.4) is 0 Å². The summed E-state index contributed by atoms with van der Waals surface area (Å²) in [4.78, 5) is 0. The first-order valence-corrected chi connectivity index (χ1v) is 3.72. The number of hydrogen-bond acceptors (Lipinski definition) is 2. The van der Waals surface area contributed by atoms with Crippen molar-refractivity contribution in [3.8, 4) is 0 Å². The van der Waals surface area contributed by atoms with Crippen LogP contribution in [0.1, 0.15) is 6.92 Å². The van der Waals surface area contributed by atoms with E-state index in [1.165, 1.54) is 0 Å². The molecule has 0 amide bonds. The minimum Gasteiger partial charge on any atom is -0.454 e. The molecule has 0 radical (unpaired) electrons. The van der Waals surface area contributed by atoms with Crippen molar-refractivity contribution in [2.45, 2.75) is 6.92 Å². The van der Waals surface area contributed by atoms with E-state index in [0.29, 0.717) is 12.7 Å². The average Bonchev–Trinajstić information content (AvgIpc) is 2.38. The molecule has 2 heteroatoms. The van der Waals surface area contributed by atoms with Crippen molar-refractivity contribution in [3.63, 3.8) is 0 Å². The minimum atomic E-state index is 0.355. The van der Waals surface area contributed by atoms with E-state index in [9.17, 15) is 0 Å². The molecule has 0 aromatic carbocycles. The second-order valence-electron chi connectivity index (χ2n) is 2.71. The van der Waals surface area contributed by atoms with Crippen LogP contribution in [-0.4, -0.2) is 6.79 Å². The highest BCUT2D eigenvalue weighted by Gasteiger charge is 2.14. The molecule has 1 aliphatic carbocycles. The third-order valence-electron chi connectivity index (χ3n) is 1.77. The van der Waals surface area contributed by atoms with Crippen molar-refractivity contribution in [3.05, 3.63) is 35.8 Å². The van der Waals surface area contributed by atoms with Gasteiger partial charge in [-0.3, -0.25) is 0 Å². The van der Waals surface area contributed by atoms with Crippen LogP contribution in [0.15, 0.2) is 35.8 Å². The summed E-state index contributed by atoms with van der Waals surface area (Å²) >= 11 is 0. The summed E-state index contributed by atoms with van der Waals surface area (Å²) in [5, 5.41) is 0. The lowest BCUT2D eigenvalue weighted by Crippen LogP contribution is -1.85. The Hall–Kier alpha value is -1.18. The van der Waals surface area contributed by atoms with Crippen molar-refractivity contribution in [1.29, 1.82) is 0 Å². The van der Waals surface area contributed by atoms with Crippen molar-refractivity contribution < 1.29 is 9.47 Å². The van der Waals surface area contributed by atoms with Crippen LogP contribution in [0, 0.1) is 5.92 Å². The third kappa shape index (κ3) is 1.16. The van der Waals surface area contributed by atoms with Gasteiger partial charge in [0.05, 0.1) is 0 Å². The quantitative estimate of drug-likeness (QED) is 0.525. The van der Waals surface area contributed by atoms with Gasteiger partial charge in [0.1, 0.15) is 0 Å². The van der Waals surface area contributed by atoms with Gasteiger partial charge in [-0.2, -0.15) is 0 Å². The van der Waals surface area contributed by atoms with Gasteiger partial charge in [-0.05, 0) is 18.1 Å². The Morgan fingerprint density at radius 3 is 2.27 bits per heavy atom. The fourth-order valence-electron chi connectivity index (χ4n) is 1.10. The van der Waals surface area contributed by atoms with Crippen molar-refractivity contribution in [2.24, 2.45) is 5.92 Å². The zero-order valence-electron chi connectivity index (χ0n) is 6.41. The van der Waals surface area contributed by atoms with E-state index in [4.69, 9.17) is 9.47 Å². The summed E-state index contributed by atoms with van der Waals surface area (Å²) in [6.07, 6.45) is 8.11. The summed E-state index contributed by atoms with van der Waals surface area (Å²) < 4.78 is 10.4. The molecule has 0 spiro atoms. The smallest absolute Gasteiger partial charge is 0.231 e. The van der Waals surface area contributed by atoms with Crippen LogP contribution < -0.4 is 0 Å². The fraction of sp³-hybridized carbons (Fsp3) is 0.333. The van der Waals surface area contributed by atoms with Crippen LogP contribution in [0.5, 0.6) is 0 Å². The SMILES string of the molecule is CC1C=CC2=C(C=C1)OCO2. The van der Waals surface area contributed by atoms with E-state index < -0.39 is 0 Å². The maximum atomic E-state index is 5.20. The molecule has 0 N–H and O–H groups in total. The summed E-state index contributed by atoms with van der Waals surface area (Å²) in [6.45, 7) is 2.48. The molecule has 2 nitrogen and oxygen atoms in total. The van der Waals surface area contributed by atoms with Crippen LogP contribution in [0.2, 0.25) is 0 Å². The van der Waals surface area contributed by atoms with E-state index in [1.54, 1.807) is 0 Å². The molecule has 0 aromatic rings. The molecule has 0 aromatic heterocycles. The summed E-state index contributed by atoms with van der Waals surface area (Å²) in [5.74, 6) is 2.17. The van der Waals surface area contributed by atoms with E-state index in [2.05, 4.69) is 19.1 Å². The van der Waals surface area contributed by atoms with Crippen LogP contribution in [0.4, 0.5) is 0 Å². The van der Waals surface area contributed by atoms with Crippen LogP contribution in [-0.2, 0) is 9.47 Å². The molecule has 0 saturated carbocycles. The van der Waals surface area contributed by atoms with Crippen LogP contribution >= 0.6 is 0 Å². The van der Waals surface area contributed by atoms with Gasteiger partial charge in [0.15, 0.2) is 11.5 Å². The Balaban J connectivity index is 2.30. The zero-order chi connectivity index (χ0) is 7.68. The number of rotatable bonds is 0. The lowest BCUT2D eigenvalue weighted by Gasteiger charge is -1.96. The monoisotopic (exact) mass is 150 g/mol. The topological polar surface area (TPSA) is 18.5 Å². The van der Waals surface area contributed by atoms with Gasteiger partial charge in [0, 0.05) is 0 Å². The normalized spacial score (nSPS) is 22.6. The summed E-state index contributed by atoms with van der Waals surface area (Å²) in [6, 6.07) is 0. The molecule has 2 rings (SSSR count). The first-order chi connectivity index (χ1) is 5.36. The van der Waals surface area contributed by atoms with Gasteiger partial charge in [-0.15, -0.1) is 0 Å². The second-order valence-corrected chi connectivity index (χ2v) is 2.71. The minimum absolute atomic E-state index is 0.355. The third-order valence-corrected chi connectivity index (χ3v) is 1.77. The van der Waals surface area contributed by atoms with Crippen molar-refractivity contribution in [1.82, 2.24) is 0 Å². The first-order valence-electron chi connectivity index (χ1n) is 3.72. The lowest BCUT2D eigenvalue weighted by molar-refractivity contribution is 0.0776. The Bertz CT molecular complexity index is 224. The molecule has 0 fully saturated rings. The second kappa shape index (κ2) is 2.46. The van der Waals surface area contributed by atoms with Crippen molar-refractivity contribution in [2.75, 3.05) is 6.79 Å². The van der Waals surface area contributed by atoms with Gasteiger partial charge in [0.2, 0.25) is 6.79 Å². The fourth-order valence-corrected chi connectivity index (χ4v) is 1.10. The molecule has 2 aliphatic rings. The standard InChI is InChI=1S/C9H10O2/c1-7-2-4-8-9(5-3-7)11-6-10-8/h2-5,7H,6H2,1H3. The Labute approximate surface area is 65.8 Å². The van der Waals surface area contributed by atoms with E-state index in [1.807, 2.05) is 12.2 Å². The molecular weight excluding hydrogens is 140 g/mol. The Morgan fingerprint density at radius 2 is 1.73 bits per heavy atom. The van der Waals surface area contributed by atoms with Gasteiger partial charge >= 0.3 is 0 Å². The maximum absolute atomic E-state index is 5.20. The largest absolute Gasteiger partial charge is 0.454 e. The average molecular weight is 150 g/mol. The summed E-state index contributed by atoms with van der Waals surface area (Å²) in [5.41, 5.74) is 0. The van der Waals surface area contributed by atoms with Gasteiger partial charge < -0.3 is 9.47 Å². The van der Waals surface area contributed by atoms with Gasteiger partial charge in [-0.1, -0.05) is 19.1 Å². The van der Waals surface area contributed by atoms with Crippen LogP contribution in [0.25, 0.3) is 0 Å². The first kappa shape index (κ1) is 6.53. The molecule has 1 heterocycles. The molecule has 58 valence electrons. The molecular formula is C9H10O2. The highest BCUT2D eigenvalue weighted by molar-refractivity contribution is 5.30. The number of hydrogen-bond donors (Lipinski definition) is 0. The zero-order valence-corrected chi connectivity index (χ0v) is 6.41. The highest BCUT2D eigenvalue weighted by Crippen LogP contribution is 2.22. The maximum Gasteiger partial charge on any atom is 0.231 e. The molecule has 0 saturated heterocycles. The van der Waals surface area contributed by atoms with Crippen molar-refractivity contribution >= 4 is 0 Å². The predicted molar refractivity (Wildman–Crippen MR) is 41.5 cm³/mol. The summed E-state index contributed by atoms with van der Waals surface area (Å²) in [7, 11) is 0. The Kier molecular flexibility index (Phi) is 1.46.